The van der Waals surface area contributed by atoms with Gasteiger partial charge in [0.1, 0.15) is 5.41 Å². The van der Waals surface area contributed by atoms with Crippen molar-refractivity contribution < 1.29 is 10.0 Å². The highest BCUT2D eigenvalue weighted by molar-refractivity contribution is 6.07. The first-order valence-corrected chi connectivity index (χ1v) is 7.36. The number of rotatable bonds is 4. The lowest BCUT2D eigenvalue weighted by atomic mass is 9.83. The molecule has 1 saturated carbocycles. The van der Waals surface area contributed by atoms with Gasteiger partial charge in [-0.15, -0.1) is 0 Å². The maximum Gasteiger partial charge on any atom is 0.234 e. The van der Waals surface area contributed by atoms with E-state index in [1.165, 1.54) is 0 Å². The van der Waals surface area contributed by atoms with E-state index in [-0.39, 0.29) is 17.8 Å². The number of amidine groups is 1. The Hall–Kier alpha value is -2.04. The lowest BCUT2D eigenvalue weighted by Crippen LogP contribution is -2.48. The number of oxime groups is 1. The number of carbonyl (C=O) groups is 1. The van der Waals surface area contributed by atoms with Gasteiger partial charge in [0, 0.05) is 0 Å². The fourth-order valence-corrected chi connectivity index (χ4v) is 3.16. The van der Waals surface area contributed by atoms with Crippen LogP contribution in [0.4, 0.5) is 0 Å². The zero-order valence-electron chi connectivity index (χ0n) is 12.6. The van der Waals surface area contributed by atoms with Gasteiger partial charge in [-0.05, 0) is 37.8 Å². The molecule has 1 aliphatic carbocycles. The molecular formula is C16H23N3O2. The molecule has 0 heterocycles. The normalized spacial score (nSPS) is 19.2. The van der Waals surface area contributed by atoms with Crippen molar-refractivity contribution >= 4 is 11.7 Å². The molecule has 0 aromatic heterocycles. The van der Waals surface area contributed by atoms with Crippen molar-refractivity contribution in [2.24, 2.45) is 16.3 Å². The smallest absolute Gasteiger partial charge is 0.234 e. The van der Waals surface area contributed by atoms with Crippen molar-refractivity contribution in [1.82, 2.24) is 5.32 Å². The minimum Gasteiger partial charge on any atom is -0.409 e. The van der Waals surface area contributed by atoms with Crippen LogP contribution in [0.2, 0.25) is 0 Å². The van der Waals surface area contributed by atoms with E-state index in [1.807, 2.05) is 38.1 Å². The van der Waals surface area contributed by atoms with E-state index in [0.29, 0.717) is 12.8 Å². The summed E-state index contributed by atoms with van der Waals surface area (Å²) in [4.78, 5) is 12.7. The second-order valence-electron chi connectivity index (χ2n) is 5.83. The van der Waals surface area contributed by atoms with Gasteiger partial charge in [-0.2, -0.15) is 0 Å². The molecule has 0 bridgehead atoms. The number of hydrogen-bond acceptors (Lipinski definition) is 3. The predicted molar refractivity (Wildman–Crippen MR) is 82.0 cm³/mol. The minimum absolute atomic E-state index is 0.0227. The highest BCUT2D eigenvalue weighted by Crippen LogP contribution is 2.39. The molecule has 0 spiro atoms. The number of nitrogens with two attached hydrogens (primary N) is 1. The van der Waals surface area contributed by atoms with Gasteiger partial charge in [0.2, 0.25) is 5.91 Å². The van der Waals surface area contributed by atoms with Crippen LogP contribution in [0.25, 0.3) is 0 Å². The van der Waals surface area contributed by atoms with E-state index in [1.54, 1.807) is 0 Å². The maximum absolute atomic E-state index is 12.7. The first-order chi connectivity index (χ1) is 10.0. The number of nitrogens with one attached hydrogen (secondary N) is 1. The van der Waals surface area contributed by atoms with Crippen LogP contribution in [0.5, 0.6) is 0 Å². The Balaban J connectivity index is 2.18. The average Bonchev–Trinajstić information content (AvgIpc) is 2.97. The Labute approximate surface area is 125 Å². The third-order valence-corrected chi connectivity index (χ3v) is 4.49. The van der Waals surface area contributed by atoms with Crippen LogP contribution in [-0.4, -0.2) is 17.0 Å². The Kier molecular flexibility index (Phi) is 4.50. The van der Waals surface area contributed by atoms with Crippen molar-refractivity contribution in [1.29, 1.82) is 0 Å². The average molecular weight is 289 g/mol. The molecule has 114 valence electrons. The summed E-state index contributed by atoms with van der Waals surface area (Å²) in [7, 11) is 0. The van der Waals surface area contributed by atoms with Crippen molar-refractivity contribution in [2.75, 3.05) is 0 Å². The summed E-state index contributed by atoms with van der Waals surface area (Å²) in [6.07, 6.45) is 3.11. The fourth-order valence-electron chi connectivity index (χ4n) is 3.16. The van der Waals surface area contributed by atoms with Gasteiger partial charge >= 0.3 is 0 Å². The molecule has 0 saturated heterocycles. The topological polar surface area (TPSA) is 87.7 Å². The van der Waals surface area contributed by atoms with Crippen LogP contribution in [-0.2, 0) is 4.79 Å². The number of nitrogens with zero attached hydrogens (tertiary/aromatic N) is 1. The number of carbonyl (C=O) groups excluding carboxylic acids is 1. The summed E-state index contributed by atoms with van der Waals surface area (Å²) >= 11 is 0. The standard InChI is InChI=1S/C16H23N3O2/c1-11-7-3-4-8-13(11)12(2)18-15(20)16(14(17)19-21)9-5-6-10-16/h3-4,7-8,12,21H,5-6,9-10H2,1-2H3,(H2,17,19)(H,18,20). The highest BCUT2D eigenvalue weighted by Gasteiger charge is 2.45. The summed E-state index contributed by atoms with van der Waals surface area (Å²) in [6, 6.07) is 7.85. The summed E-state index contributed by atoms with van der Waals surface area (Å²) < 4.78 is 0. The molecule has 1 unspecified atom stereocenters. The third-order valence-electron chi connectivity index (χ3n) is 4.49. The molecule has 5 nitrogen and oxygen atoms in total. The zero-order valence-corrected chi connectivity index (χ0v) is 12.6. The molecule has 5 heteroatoms. The van der Waals surface area contributed by atoms with Crippen LogP contribution in [0.15, 0.2) is 29.4 Å². The molecule has 1 amide bonds. The minimum atomic E-state index is -0.855. The van der Waals surface area contributed by atoms with Crippen LogP contribution in [0, 0.1) is 12.3 Å². The molecular weight excluding hydrogens is 266 g/mol. The Bertz CT molecular complexity index is 548. The first-order valence-electron chi connectivity index (χ1n) is 7.36. The SMILES string of the molecule is Cc1ccccc1C(C)NC(=O)C1(C(N)=NO)CCCC1. The molecule has 1 aromatic rings. The van der Waals surface area contributed by atoms with Crippen LogP contribution in [0.3, 0.4) is 0 Å². The van der Waals surface area contributed by atoms with Gasteiger partial charge < -0.3 is 16.3 Å². The fraction of sp³-hybridized carbons (Fsp3) is 0.500. The highest BCUT2D eigenvalue weighted by atomic mass is 16.4. The molecule has 4 N–H and O–H groups in total. The Morgan fingerprint density at radius 1 is 1.38 bits per heavy atom. The third kappa shape index (κ3) is 2.86. The van der Waals surface area contributed by atoms with Crippen molar-refractivity contribution in [3.8, 4) is 0 Å². The van der Waals surface area contributed by atoms with Gasteiger partial charge in [-0.1, -0.05) is 42.3 Å². The summed E-state index contributed by atoms with van der Waals surface area (Å²) in [6.45, 7) is 3.97. The molecule has 0 aliphatic heterocycles. The molecule has 1 fully saturated rings. The van der Waals surface area contributed by atoms with E-state index in [9.17, 15) is 4.79 Å². The maximum atomic E-state index is 12.7. The first kappa shape index (κ1) is 15.4. The summed E-state index contributed by atoms with van der Waals surface area (Å²) in [5.74, 6) is -0.125. The van der Waals surface area contributed by atoms with Crippen LogP contribution >= 0.6 is 0 Å². The van der Waals surface area contributed by atoms with Gasteiger partial charge in [0.15, 0.2) is 5.84 Å². The second-order valence-corrected chi connectivity index (χ2v) is 5.83. The largest absolute Gasteiger partial charge is 0.409 e. The van der Waals surface area contributed by atoms with E-state index in [4.69, 9.17) is 10.9 Å². The summed E-state index contributed by atoms with van der Waals surface area (Å²) in [5, 5.41) is 15.1. The van der Waals surface area contributed by atoms with Crippen molar-refractivity contribution in [3.63, 3.8) is 0 Å². The molecule has 1 aromatic carbocycles. The quantitative estimate of drug-likeness (QED) is 0.344. The molecule has 1 aliphatic rings. The molecule has 21 heavy (non-hydrogen) atoms. The van der Waals surface area contributed by atoms with E-state index < -0.39 is 5.41 Å². The van der Waals surface area contributed by atoms with Gasteiger partial charge in [0.05, 0.1) is 6.04 Å². The van der Waals surface area contributed by atoms with Gasteiger partial charge in [-0.25, -0.2) is 0 Å². The van der Waals surface area contributed by atoms with Crippen LogP contribution < -0.4 is 11.1 Å². The van der Waals surface area contributed by atoms with E-state index >= 15 is 0 Å². The molecule has 1 atom stereocenters. The van der Waals surface area contributed by atoms with E-state index in [2.05, 4.69) is 10.5 Å². The molecule has 0 radical (unpaired) electrons. The monoisotopic (exact) mass is 289 g/mol. The number of aryl methyl sites for hydroxylation is 1. The Morgan fingerprint density at radius 3 is 2.57 bits per heavy atom. The van der Waals surface area contributed by atoms with Gasteiger partial charge in [-0.3, -0.25) is 4.79 Å². The van der Waals surface area contributed by atoms with Crippen LogP contribution in [0.1, 0.15) is 49.8 Å². The number of hydrogen-bond donors (Lipinski definition) is 3. The zero-order chi connectivity index (χ0) is 15.5. The van der Waals surface area contributed by atoms with Crippen molar-refractivity contribution in [3.05, 3.63) is 35.4 Å². The second kappa shape index (κ2) is 6.16. The van der Waals surface area contributed by atoms with E-state index in [0.717, 1.165) is 24.0 Å². The number of benzene rings is 1. The number of amides is 1. The van der Waals surface area contributed by atoms with Gasteiger partial charge in [0.25, 0.3) is 0 Å². The molecule has 2 rings (SSSR count). The lowest BCUT2D eigenvalue weighted by Gasteiger charge is -2.28. The lowest BCUT2D eigenvalue weighted by molar-refractivity contribution is -0.128. The van der Waals surface area contributed by atoms with Crippen molar-refractivity contribution in [2.45, 2.75) is 45.6 Å². The Morgan fingerprint density at radius 2 is 2.00 bits per heavy atom. The summed E-state index contributed by atoms with van der Waals surface area (Å²) in [5.41, 5.74) is 7.16. The predicted octanol–water partition coefficient (Wildman–Crippen LogP) is 2.48.